The van der Waals surface area contributed by atoms with Crippen molar-refractivity contribution in [2.24, 2.45) is 16.7 Å². The quantitative estimate of drug-likeness (QED) is 0.294. The lowest BCUT2D eigenvalue weighted by Gasteiger charge is -2.82. The predicted octanol–water partition coefficient (Wildman–Crippen LogP) is -0.790. The molecule has 6 rings (SSSR count). The maximum absolute atomic E-state index is 12.4. The van der Waals surface area contributed by atoms with Crippen LogP contribution in [0.15, 0.2) is 0 Å². The largest absolute Gasteiger partial charge is 0.544 e. The molecular weight excluding hydrogens is 514 g/mol. The van der Waals surface area contributed by atoms with Crippen LogP contribution in [0.2, 0.25) is 0 Å². The van der Waals surface area contributed by atoms with Gasteiger partial charge >= 0.3 is 0 Å². The molecule has 1 amide bonds. The minimum absolute atomic E-state index is 0.178. The van der Waals surface area contributed by atoms with Gasteiger partial charge in [0, 0.05) is 25.4 Å². The van der Waals surface area contributed by atoms with Crippen LogP contribution in [0.1, 0.15) is 69.2 Å². The third-order valence-electron chi connectivity index (χ3n) is 12.3. The first-order valence-electron chi connectivity index (χ1n) is 13.3. The maximum atomic E-state index is 12.4. The molecule has 6 fully saturated rings. The van der Waals surface area contributed by atoms with E-state index in [1.54, 1.807) is 34.6 Å². The van der Waals surface area contributed by atoms with Gasteiger partial charge in [-0.25, -0.2) is 0 Å². The summed E-state index contributed by atoms with van der Waals surface area (Å²) in [4.78, 5) is 24.9. The highest BCUT2D eigenvalue weighted by atomic mass is 16.8. The number of hydrogen-bond acceptors (Lipinski definition) is 11. The second-order valence-corrected chi connectivity index (χ2v) is 13.4. The fourth-order valence-corrected chi connectivity index (χ4v) is 8.53. The molecule has 11 atom stereocenters. The lowest BCUT2D eigenvalue weighted by Crippen LogP contribution is -2.97. The standard InChI is InChI=1S/C27H45NO11/c1-15-20(5)21(6,28-16(2)30)19(4,37-26(15,12-29)22(20,7)33)14-36-13-18(3)24(9)23(8,34)25(10,35-11)39-27(18,38-24)17(31)32/h15,29,33-34H,12-14H2,1-11H3,(H,28,30)(H,31,32)/p-1. The van der Waals surface area contributed by atoms with E-state index in [0.29, 0.717) is 0 Å². The molecule has 224 valence electrons. The number of methoxy groups -OCH3 is 1. The number of hydrogen-bond donors (Lipinski definition) is 4. The van der Waals surface area contributed by atoms with Gasteiger partial charge in [0.2, 0.25) is 11.7 Å². The van der Waals surface area contributed by atoms with Gasteiger partial charge in [-0.3, -0.25) is 4.79 Å². The zero-order chi connectivity index (χ0) is 30.1. The fourth-order valence-electron chi connectivity index (χ4n) is 8.53. The van der Waals surface area contributed by atoms with E-state index in [2.05, 4.69) is 5.32 Å². The van der Waals surface area contributed by atoms with Crippen molar-refractivity contribution in [1.29, 1.82) is 0 Å². The van der Waals surface area contributed by atoms with E-state index in [9.17, 15) is 30.0 Å². The molecule has 12 nitrogen and oxygen atoms in total. The first-order chi connectivity index (χ1) is 17.5. The molecule has 0 aromatic rings. The number of carbonyl (C=O) groups is 2. The van der Waals surface area contributed by atoms with Gasteiger partial charge in [-0.1, -0.05) is 13.8 Å². The van der Waals surface area contributed by atoms with Crippen LogP contribution in [0.4, 0.5) is 0 Å². The molecular formula is C27H44NO11-. The molecule has 0 radical (unpaired) electrons. The Morgan fingerprint density at radius 1 is 0.949 bits per heavy atom. The van der Waals surface area contributed by atoms with Crippen molar-refractivity contribution in [3.8, 4) is 0 Å². The van der Waals surface area contributed by atoms with E-state index in [-0.39, 0.29) is 25.0 Å². The average Bonchev–Trinajstić information content (AvgIpc) is 2.82. The second kappa shape index (κ2) is 7.91. The molecule has 11 unspecified atom stereocenters. The first kappa shape index (κ1) is 30.6. The van der Waals surface area contributed by atoms with Crippen molar-refractivity contribution in [3.05, 3.63) is 0 Å². The number of carbonyl (C=O) groups excluding carboxylic acids is 2. The Balaban J connectivity index is 1.70. The van der Waals surface area contributed by atoms with Gasteiger partial charge in [0.25, 0.3) is 0 Å². The predicted molar refractivity (Wildman–Crippen MR) is 133 cm³/mol. The van der Waals surface area contributed by atoms with E-state index in [1.807, 2.05) is 13.8 Å². The number of aliphatic hydroxyl groups is 3. The smallest absolute Gasteiger partial charge is 0.223 e. The van der Waals surface area contributed by atoms with Crippen molar-refractivity contribution in [2.45, 2.75) is 114 Å². The van der Waals surface area contributed by atoms with E-state index < -0.39 is 68.5 Å². The van der Waals surface area contributed by atoms with Gasteiger partial charge in [-0.05, 0) is 48.5 Å². The topological polar surface area (TPSA) is 176 Å². The molecule has 0 aromatic carbocycles. The van der Waals surface area contributed by atoms with E-state index in [4.69, 9.17) is 23.7 Å². The Bertz CT molecular complexity index is 1100. The number of amides is 1. The number of carboxylic acids is 1. The molecule has 5 heterocycles. The average molecular weight is 559 g/mol. The number of aliphatic hydroxyl groups excluding tert-OH is 1. The van der Waals surface area contributed by atoms with Gasteiger partial charge in [-0.2, -0.15) is 0 Å². The highest BCUT2D eigenvalue weighted by Crippen LogP contribution is 2.74. The summed E-state index contributed by atoms with van der Waals surface area (Å²) in [6.45, 7) is 15.2. The van der Waals surface area contributed by atoms with Crippen molar-refractivity contribution in [2.75, 3.05) is 26.9 Å². The molecule has 39 heavy (non-hydrogen) atoms. The van der Waals surface area contributed by atoms with Crippen molar-refractivity contribution in [1.82, 2.24) is 5.32 Å². The molecule has 12 heteroatoms. The van der Waals surface area contributed by atoms with E-state index in [0.717, 1.165) is 0 Å². The summed E-state index contributed by atoms with van der Waals surface area (Å²) in [6, 6.07) is 0. The normalized spacial score (nSPS) is 57.7. The van der Waals surface area contributed by atoms with Gasteiger partial charge < -0.3 is 54.2 Å². The number of nitrogens with one attached hydrogen (secondary N) is 1. The highest BCUT2D eigenvalue weighted by Gasteiger charge is 2.89. The van der Waals surface area contributed by atoms with Crippen molar-refractivity contribution < 1.29 is 53.7 Å². The van der Waals surface area contributed by atoms with Crippen LogP contribution in [0.5, 0.6) is 0 Å². The lowest BCUT2D eigenvalue weighted by atomic mass is 9.33. The summed E-state index contributed by atoms with van der Waals surface area (Å²) in [7, 11) is 1.29. The zero-order valence-corrected chi connectivity index (χ0v) is 24.8. The third kappa shape index (κ3) is 2.78. The molecule has 0 aromatic heterocycles. The summed E-state index contributed by atoms with van der Waals surface area (Å²) in [5, 5.41) is 49.0. The first-order valence-corrected chi connectivity index (χ1v) is 13.3. The van der Waals surface area contributed by atoms with Crippen LogP contribution < -0.4 is 10.4 Å². The molecule has 1 aliphatic carbocycles. The molecule has 5 aliphatic heterocycles. The minimum Gasteiger partial charge on any atom is -0.544 e. The molecule has 1 saturated carbocycles. The summed E-state index contributed by atoms with van der Waals surface area (Å²) in [5.74, 6) is -6.36. The van der Waals surface area contributed by atoms with Crippen molar-refractivity contribution in [3.63, 3.8) is 0 Å². The summed E-state index contributed by atoms with van der Waals surface area (Å²) >= 11 is 0. The van der Waals surface area contributed by atoms with Gasteiger partial charge in [0.15, 0.2) is 5.79 Å². The van der Waals surface area contributed by atoms with Gasteiger partial charge in [0.05, 0.1) is 30.8 Å². The number of carboxylic acid groups (broad SMARTS) is 1. The summed E-state index contributed by atoms with van der Waals surface area (Å²) in [5.41, 5.74) is -11.0. The molecule has 4 bridgehead atoms. The molecule has 0 spiro atoms. The lowest BCUT2D eigenvalue weighted by molar-refractivity contribution is -0.594. The Hall–Kier alpha value is -1.38. The monoisotopic (exact) mass is 558 g/mol. The Labute approximate surface area is 229 Å². The van der Waals surface area contributed by atoms with E-state index in [1.165, 1.54) is 27.9 Å². The fraction of sp³-hybridized carbons (Fsp3) is 0.926. The Kier molecular flexibility index (Phi) is 6.20. The van der Waals surface area contributed by atoms with Crippen LogP contribution in [0.3, 0.4) is 0 Å². The van der Waals surface area contributed by atoms with Gasteiger partial charge in [-0.15, -0.1) is 0 Å². The van der Waals surface area contributed by atoms with Crippen molar-refractivity contribution >= 4 is 11.9 Å². The number of aliphatic carboxylic acids is 1. The molecule has 6 aliphatic rings. The SMILES string of the molecule is COC1(C)OC2(C(=O)[O-])OC(C)(C1(C)O)C2(C)COCC1(C)OC2(CO)C(C)C(C)(C2(C)O)C1(C)NC(C)=O. The van der Waals surface area contributed by atoms with Crippen LogP contribution >= 0.6 is 0 Å². The van der Waals surface area contributed by atoms with Crippen LogP contribution in [-0.2, 0) is 33.3 Å². The third-order valence-corrected chi connectivity index (χ3v) is 12.3. The van der Waals surface area contributed by atoms with Crippen LogP contribution in [-0.4, -0.2) is 99.2 Å². The van der Waals surface area contributed by atoms with E-state index >= 15 is 0 Å². The summed E-state index contributed by atoms with van der Waals surface area (Å²) < 4.78 is 29.7. The minimum atomic E-state index is -2.29. The van der Waals surface area contributed by atoms with Crippen LogP contribution in [0, 0.1) is 16.7 Å². The maximum Gasteiger partial charge on any atom is 0.223 e. The zero-order valence-electron chi connectivity index (χ0n) is 24.8. The second-order valence-electron chi connectivity index (χ2n) is 13.4. The molecule has 4 N–H and O–H groups in total. The Morgan fingerprint density at radius 2 is 1.51 bits per heavy atom. The highest BCUT2D eigenvalue weighted by molar-refractivity contribution is 5.78. The number of ether oxygens (including phenoxy) is 5. The number of fused-ring (bicyclic) bond motifs is 4. The molecule has 5 saturated heterocycles. The Morgan fingerprint density at radius 3 is 1.95 bits per heavy atom. The van der Waals surface area contributed by atoms with Crippen LogP contribution in [0.25, 0.3) is 0 Å². The summed E-state index contributed by atoms with van der Waals surface area (Å²) in [6.07, 6.45) is 0. The van der Waals surface area contributed by atoms with Gasteiger partial charge in [0.1, 0.15) is 34.0 Å². The number of rotatable bonds is 8.